The lowest BCUT2D eigenvalue weighted by Crippen LogP contribution is -2.31. The standard InChI is InChI=1S/C16H21BrN2O2/c1-10(2)8-19-9-12(6-15(19)20)16(21)18-13-5-4-11(3)14(17)7-13/h4-5,7,10,12H,6,8-9H2,1-3H3,(H,18,21). The molecule has 2 rings (SSSR count). The third kappa shape index (κ3) is 4.06. The predicted molar refractivity (Wildman–Crippen MR) is 87.0 cm³/mol. The third-order valence-corrected chi connectivity index (χ3v) is 4.46. The summed E-state index contributed by atoms with van der Waals surface area (Å²) in [5.74, 6) is 0.166. The molecule has 0 bridgehead atoms. The fourth-order valence-electron chi connectivity index (χ4n) is 2.48. The molecule has 0 spiro atoms. The molecule has 0 radical (unpaired) electrons. The summed E-state index contributed by atoms with van der Waals surface area (Å²) >= 11 is 3.45. The average Bonchev–Trinajstić information content (AvgIpc) is 2.75. The van der Waals surface area contributed by atoms with E-state index < -0.39 is 0 Å². The highest BCUT2D eigenvalue weighted by atomic mass is 79.9. The van der Waals surface area contributed by atoms with Crippen molar-refractivity contribution in [2.24, 2.45) is 11.8 Å². The summed E-state index contributed by atoms with van der Waals surface area (Å²) in [5, 5.41) is 2.90. The molecule has 0 saturated carbocycles. The van der Waals surface area contributed by atoms with Gasteiger partial charge in [-0.05, 0) is 30.5 Å². The highest BCUT2D eigenvalue weighted by Gasteiger charge is 2.34. The molecule has 1 saturated heterocycles. The number of amides is 2. The van der Waals surface area contributed by atoms with Crippen molar-refractivity contribution >= 4 is 33.4 Å². The van der Waals surface area contributed by atoms with Crippen LogP contribution in [0.5, 0.6) is 0 Å². The van der Waals surface area contributed by atoms with E-state index in [1.165, 1.54) is 0 Å². The molecule has 0 aliphatic carbocycles. The number of nitrogens with zero attached hydrogens (tertiary/aromatic N) is 1. The van der Waals surface area contributed by atoms with Crippen LogP contribution in [0.1, 0.15) is 25.8 Å². The number of carbonyl (C=O) groups is 2. The first-order chi connectivity index (χ1) is 9.86. The van der Waals surface area contributed by atoms with Gasteiger partial charge >= 0.3 is 0 Å². The van der Waals surface area contributed by atoms with E-state index in [2.05, 4.69) is 35.1 Å². The van der Waals surface area contributed by atoms with Gasteiger partial charge in [0.2, 0.25) is 11.8 Å². The lowest BCUT2D eigenvalue weighted by atomic mass is 10.1. The maximum absolute atomic E-state index is 12.3. The fraction of sp³-hybridized carbons (Fsp3) is 0.500. The van der Waals surface area contributed by atoms with Crippen molar-refractivity contribution in [2.75, 3.05) is 18.4 Å². The van der Waals surface area contributed by atoms with Gasteiger partial charge in [0.25, 0.3) is 0 Å². The van der Waals surface area contributed by atoms with E-state index in [0.717, 1.165) is 22.3 Å². The second kappa shape index (κ2) is 6.60. The van der Waals surface area contributed by atoms with Crippen LogP contribution in [0.2, 0.25) is 0 Å². The molecule has 1 atom stereocenters. The van der Waals surface area contributed by atoms with Crippen molar-refractivity contribution < 1.29 is 9.59 Å². The second-order valence-electron chi connectivity index (χ2n) is 6.05. The Bertz CT molecular complexity index is 557. The highest BCUT2D eigenvalue weighted by molar-refractivity contribution is 9.10. The predicted octanol–water partition coefficient (Wildman–Crippen LogP) is 3.20. The summed E-state index contributed by atoms with van der Waals surface area (Å²) in [7, 11) is 0. The zero-order valence-corrected chi connectivity index (χ0v) is 14.2. The lowest BCUT2D eigenvalue weighted by molar-refractivity contribution is -0.128. The second-order valence-corrected chi connectivity index (χ2v) is 6.90. The number of rotatable bonds is 4. The molecule has 21 heavy (non-hydrogen) atoms. The molecule has 1 aliphatic heterocycles. The molecule has 1 N–H and O–H groups in total. The molecule has 4 nitrogen and oxygen atoms in total. The summed E-state index contributed by atoms with van der Waals surface area (Å²) in [6.07, 6.45) is 0.311. The largest absolute Gasteiger partial charge is 0.342 e. The number of aryl methyl sites for hydroxylation is 1. The summed E-state index contributed by atoms with van der Waals surface area (Å²) in [5.41, 5.74) is 1.87. The van der Waals surface area contributed by atoms with Crippen molar-refractivity contribution in [2.45, 2.75) is 27.2 Å². The van der Waals surface area contributed by atoms with Gasteiger partial charge in [-0.2, -0.15) is 0 Å². The van der Waals surface area contributed by atoms with Crippen molar-refractivity contribution in [3.05, 3.63) is 28.2 Å². The smallest absolute Gasteiger partial charge is 0.229 e. The Kier molecular flexibility index (Phi) is 5.04. The van der Waals surface area contributed by atoms with E-state index in [-0.39, 0.29) is 17.7 Å². The van der Waals surface area contributed by atoms with E-state index in [4.69, 9.17) is 0 Å². The molecule has 0 aromatic heterocycles. The fourth-order valence-corrected chi connectivity index (χ4v) is 2.86. The van der Waals surface area contributed by atoms with Crippen LogP contribution in [0.3, 0.4) is 0 Å². The highest BCUT2D eigenvalue weighted by Crippen LogP contribution is 2.23. The van der Waals surface area contributed by atoms with Crippen molar-refractivity contribution in [3.63, 3.8) is 0 Å². The van der Waals surface area contributed by atoms with E-state index in [0.29, 0.717) is 18.9 Å². The Morgan fingerprint density at radius 2 is 2.19 bits per heavy atom. The molecular formula is C16H21BrN2O2. The van der Waals surface area contributed by atoms with Crippen molar-refractivity contribution in [1.29, 1.82) is 0 Å². The number of likely N-dealkylation sites (tertiary alicyclic amines) is 1. The number of anilines is 1. The van der Waals surface area contributed by atoms with Crippen LogP contribution < -0.4 is 5.32 Å². The van der Waals surface area contributed by atoms with Gasteiger partial charge in [-0.15, -0.1) is 0 Å². The lowest BCUT2D eigenvalue weighted by Gasteiger charge is -2.18. The van der Waals surface area contributed by atoms with Gasteiger partial charge in [0.1, 0.15) is 0 Å². The molecule has 1 aromatic carbocycles. The van der Waals surface area contributed by atoms with Crippen molar-refractivity contribution in [3.8, 4) is 0 Å². The van der Waals surface area contributed by atoms with Gasteiger partial charge in [0.15, 0.2) is 0 Å². The molecule has 1 unspecified atom stereocenters. The topological polar surface area (TPSA) is 49.4 Å². The normalized spacial score (nSPS) is 18.4. The van der Waals surface area contributed by atoms with E-state index >= 15 is 0 Å². The molecule has 114 valence electrons. The summed E-state index contributed by atoms with van der Waals surface area (Å²) in [6.45, 7) is 7.39. The van der Waals surface area contributed by atoms with Gasteiger partial charge in [-0.25, -0.2) is 0 Å². The van der Waals surface area contributed by atoms with Crippen LogP contribution in [0, 0.1) is 18.8 Å². The Morgan fingerprint density at radius 3 is 2.81 bits per heavy atom. The number of benzene rings is 1. The van der Waals surface area contributed by atoms with Gasteiger partial charge in [0.05, 0.1) is 5.92 Å². The Labute approximate surface area is 134 Å². The molecule has 1 aliphatic rings. The Morgan fingerprint density at radius 1 is 1.48 bits per heavy atom. The van der Waals surface area contributed by atoms with Crippen LogP contribution in [-0.2, 0) is 9.59 Å². The summed E-state index contributed by atoms with van der Waals surface area (Å²) < 4.78 is 0.962. The molecule has 1 aromatic rings. The average molecular weight is 353 g/mol. The van der Waals surface area contributed by atoms with Crippen LogP contribution in [0.15, 0.2) is 22.7 Å². The number of nitrogens with one attached hydrogen (secondary N) is 1. The zero-order valence-electron chi connectivity index (χ0n) is 12.6. The minimum absolute atomic E-state index is 0.0777. The first-order valence-electron chi connectivity index (χ1n) is 7.21. The van der Waals surface area contributed by atoms with Crippen LogP contribution >= 0.6 is 15.9 Å². The Hall–Kier alpha value is -1.36. The van der Waals surface area contributed by atoms with Crippen LogP contribution in [0.4, 0.5) is 5.69 Å². The molecule has 1 heterocycles. The molecule has 2 amide bonds. The molecule has 1 fully saturated rings. The Balaban J connectivity index is 1.98. The zero-order chi connectivity index (χ0) is 15.6. The summed E-state index contributed by atoms with van der Waals surface area (Å²) in [6, 6.07) is 5.71. The quantitative estimate of drug-likeness (QED) is 0.904. The minimum atomic E-state index is -0.253. The first kappa shape index (κ1) is 16.0. The van der Waals surface area contributed by atoms with Gasteiger partial charge < -0.3 is 10.2 Å². The van der Waals surface area contributed by atoms with Gasteiger partial charge in [0, 0.05) is 29.7 Å². The van der Waals surface area contributed by atoms with Gasteiger partial charge in [-0.3, -0.25) is 9.59 Å². The number of hydrogen-bond donors (Lipinski definition) is 1. The number of hydrogen-bond acceptors (Lipinski definition) is 2. The minimum Gasteiger partial charge on any atom is -0.342 e. The van der Waals surface area contributed by atoms with E-state index in [1.807, 2.05) is 25.1 Å². The maximum Gasteiger partial charge on any atom is 0.229 e. The van der Waals surface area contributed by atoms with Crippen molar-refractivity contribution in [1.82, 2.24) is 4.90 Å². The van der Waals surface area contributed by atoms with Gasteiger partial charge in [-0.1, -0.05) is 35.8 Å². The molecule has 5 heteroatoms. The SMILES string of the molecule is Cc1ccc(NC(=O)C2CC(=O)N(CC(C)C)C2)cc1Br. The van der Waals surface area contributed by atoms with Crippen LogP contribution in [-0.4, -0.2) is 29.8 Å². The number of halogens is 1. The number of carbonyl (C=O) groups excluding carboxylic acids is 2. The maximum atomic E-state index is 12.3. The first-order valence-corrected chi connectivity index (χ1v) is 8.01. The monoisotopic (exact) mass is 352 g/mol. The van der Waals surface area contributed by atoms with Crippen LogP contribution in [0.25, 0.3) is 0 Å². The third-order valence-electron chi connectivity index (χ3n) is 3.61. The van der Waals surface area contributed by atoms with E-state index in [1.54, 1.807) is 4.90 Å². The summed E-state index contributed by atoms with van der Waals surface area (Å²) in [4.78, 5) is 26.0. The molecular weight excluding hydrogens is 332 g/mol. The van der Waals surface area contributed by atoms with E-state index in [9.17, 15) is 9.59 Å².